The Hall–Kier alpha value is -2.89. The van der Waals surface area contributed by atoms with Gasteiger partial charge in [-0.15, -0.1) is 0 Å². The van der Waals surface area contributed by atoms with E-state index < -0.39 is 0 Å². The van der Waals surface area contributed by atoms with Gasteiger partial charge in [0.05, 0.1) is 12.8 Å². The van der Waals surface area contributed by atoms with E-state index in [4.69, 9.17) is 9.15 Å². The molecule has 21 heavy (non-hydrogen) atoms. The largest absolute Gasteiger partial charge is 0.495 e. The van der Waals surface area contributed by atoms with Crippen LogP contribution in [0.4, 0.5) is 5.69 Å². The first-order valence-electron chi connectivity index (χ1n) is 6.35. The molecule has 3 aromatic rings. The van der Waals surface area contributed by atoms with Crippen LogP contribution < -0.4 is 10.1 Å². The molecule has 0 bridgehead atoms. The molecule has 0 aliphatic rings. The van der Waals surface area contributed by atoms with E-state index in [1.807, 2.05) is 6.07 Å². The zero-order valence-electron chi connectivity index (χ0n) is 11.6. The predicted molar refractivity (Wildman–Crippen MR) is 78.1 cm³/mol. The highest BCUT2D eigenvalue weighted by Crippen LogP contribution is 2.31. The summed E-state index contributed by atoms with van der Waals surface area (Å²) in [6.07, 6.45) is 1.66. The third-order valence-corrected chi connectivity index (χ3v) is 2.92. The molecule has 0 spiro atoms. The first-order chi connectivity index (χ1) is 10.2. The number of hydrogen-bond donors (Lipinski definition) is 1. The van der Waals surface area contributed by atoms with E-state index >= 15 is 0 Å². The van der Waals surface area contributed by atoms with Crippen molar-refractivity contribution in [3.63, 3.8) is 0 Å². The molecule has 0 saturated carbocycles. The SMILES string of the molecule is COc1ccc(-c2nc3ncccc3o2)cc1NC(C)=O. The molecular weight excluding hydrogens is 270 g/mol. The summed E-state index contributed by atoms with van der Waals surface area (Å²) in [5.74, 6) is 0.839. The number of fused-ring (bicyclic) bond motifs is 1. The van der Waals surface area contributed by atoms with E-state index in [2.05, 4.69) is 15.3 Å². The fourth-order valence-electron chi connectivity index (χ4n) is 2.02. The van der Waals surface area contributed by atoms with Gasteiger partial charge in [-0.3, -0.25) is 4.79 Å². The van der Waals surface area contributed by atoms with Crippen LogP contribution >= 0.6 is 0 Å². The zero-order valence-corrected chi connectivity index (χ0v) is 11.6. The van der Waals surface area contributed by atoms with Crippen molar-refractivity contribution in [3.05, 3.63) is 36.5 Å². The highest BCUT2D eigenvalue weighted by Gasteiger charge is 2.12. The molecule has 1 N–H and O–H groups in total. The molecule has 2 aromatic heterocycles. The monoisotopic (exact) mass is 283 g/mol. The first-order valence-corrected chi connectivity index (χ1v) is 6.35. The number of amides is 1. The number of ether oxygens (including phenoxy) is 1. The van der Waals surface area contributed by atoms with Gasteiger partial charge >= 0.3 is 0 Å². The van der Waals surface area contributed by atoms with Gasteiger partial charge in [0.15, 0.2) is 11.2 Å². The Bertz CT molecular complexity index is 778. The number of pyridine rings is 1. The number of hydrogen-bond acceptors (Lipinski definition) is 5. The molecule has 2 heterocycles. The van der Waals surface area contributed by atoms with Gasteiger partial charge in [-0.25, -0.2) is 4.98 Å². The molecule has 1 amide bonds. The Morgan fingerprint density at radius 2 is 2.19 bits per heavy atom. The molecule has 0 fully saturated rings. The Balaban J connectivity index is 2.07. The summed E-state index contributed by atoms with van der Waals surface area (Å²) in [5, 5.41) is 2.72. The molecule has 6 nitrogen and oxygen atoms in total. The standard InChI is InChI=1S/C15H13N3O3/c1-9(19)17-11-8-10(5-6-12(11)20-2)15-18-14-13(21-15)4-3-7-16-14/h3-8H,1-2H3,(H,17,19). The number of rotatable bonds is 3. The summed E-state index contributed by atoms with van der Waals surface area (Å²) in [7, 11) is 1.55. The highest BCUT2D eigenvalue weighted by molar-refractivity contribution is 5.91. The van der Waals surface area contributed by atoms with Crippen LogP contribution in [-0.2, 0) is 4.79 Å². The second-order valence-electron chi connectivity index (χ2n) is 4.44. The summed E-state index contributed by atoms with van der Waals surface area (Å²) in [5.41, 5.74) is 2.46. The average molecular weight is 283 g/mol. The molecule has 0 radical (unpaired) electrons. The van der Waals surface area contributed by atoms with Gasteiger partial charge in [0.1, 0.15) is 5.75 Å². The van der Waals surface area contributed by atoms with Crippen molar-refractivity contribution in [2.24, 2.45) is 0 Å². The topological polar surface area (TPSA) is 77.2 Å². The molecule has 0 aliphatic heterocycles. The highest BCUT2D eigenvalue weighted by atomic mass is 16.5. The molecule has 106 valence electrons. The fraction of sp³-hybridized carbons (Fsp3) is 0.133. The fourth-order valence-corrected chi connectivity index (χ4v) is 2.02. The van der Waals surface area contributed by atoms with Crippen LogP contribution in [0, 0.1) is 0 Å². The Morgan fingerprint density at radius 3 is 2.90 bits per heavy atom. The summed E-state index contributed by atoms with van der Waals surface area (Å²) in [6.45, 7) is 1.44. The van der Waals surface area contributed by atoms with Crippen molar-refractivity contribution < 1.29 is 13.9 Å². The number of methoxy groups -OCH3 is 1. The number of benzene rings is 1. The number of aromatic nitrogens is 2. The van der Waals surface area contributed by atoms with Crippen LogP contribution in [-0.4, -0.2) is 23.0 Å². The Kier molecular flexibility index (Phi) is 3.27. The number of nitrogens with one attached hydrogen (secondary N) is 1. The van der Waals surface area contributed by atoms with Crippen molar-refractivity contribution >= 4 is 22.8 Å². The van der Waals surface area contributed by atoms with Crippen LogP contribution in [0.15, 0.2) is 40.9 Å². The minimum absolute atomic E-state index is 0.176. The lowest BCUT2D eigenvalue weighted by molar-refractivity contribution is -0.114. The van der Waals surface area contributed by atoms with Crippen molar-refractivity contribution in [1.29, 1.82) is 0 Å². The predicted octanol–water partition coefficient (Wildman–Crippen LogP) is 2.86. The van der Waals surface area contributed by atoms with Crippen molar-refractivity contribution in [2.45, 2.75) is 6.92 Å². The molecule has 0 saturated heterocycles. The van der Waals surface area contributed by atoms with E-state index in [0.29, 0.717) is 28.6 Å². The third-order valence-electron chi connectivity index (χ3n) is 2.92. The van der Waals surface area contributed by atoms with E-state index in [-0.39, 0.29) is 5.91 Å². The van der Waals surface area contributed by atoms with Gasteiger partial charge in [-0.1, -0.05) is 0 Å². The maximum absolute atomic E-state index is 11.3. The van der Waals surface area contributed by atoms with Gasteiger partial charge in [-0.2, -0.15) is 4.98 Å². The quantitative estimate of drug-likeness (QED) is 0.799. The summed E-state index contributed by atoms with van der Waals surface area (Å²) in [6, 6.07) is 8.91. The Labute approximate surface area is 120 Å². The number of carbonyl (C=O) groups excluding carboxylic acids is 1. The van der Waals surface area contributed by atoms with Crippen molar-refractivity contribution in [1.82, 2.24) is 9.97 Å². The molecule has 0 atom stereocenters. The van der Waals surface area contributed by atoms with Crippen LogP contribution in [0.2, 0.25) is 0 Å². The van der Waals surface area contributed by atoms with Crippen LogP contribution in [0.3, 0.4) is 0 Å². The van der Waals surface area contributed by atoms with Crippen LogP contribution in [0.5, 0.6) is 5.75 Å². The average Bonchev–Trinajstić information content (AvgIpc) is 2.90. The molecule has 3 rings (SSSR count). The van der Waals surface area contributed by atoms with Gasteiger partial charge < -0.3 is 14.5 Å². The Morgan fingerprint density at radius 1 is 1.33 bits per heavy atom. The second kappa shape index (κ2) is 5.24. The maximum atomic E-state index is 11.3. The smallest absolute Gasteiger partial charge is 0.228 e. The number of nitrogens with zero attached hydrogens (tertiary/aromatic N) is 2. The lowest BCUT2D eigenvalue weighted by Crippen LogP contribution is -2.07. The summed E-state index contributed by atoms with van der Waals surface area (Å²) in [4.78, 5) is 19.7. The summed E-state index contributed by atoms with van der Waals surface area (Å²) < 4.78 is 10.9. The minimum atomic E-state index is -0.176. The van der Waals surface area contributed by atoms with Gasteiger partial charge in [0, 0.05) is 18.7 Å². The maximum Gasteiger partial charge on any atom is 0.228 e. The second-order valence-corrected chi connectivity index (χ2v) is 4.44. The summed E-state index contributed by atoms with van der Waals surface area (Å²) >= 11 is 0. The van der Waals surface area contributed by atoms with Crippen molar-refractivity contribution in [2.75, 3.05) is 12.4 Å². The normalized spacial score (nSPS) is 10.6. The molecule has 1 aromatic carbocycles. The first kappa shape index (κ1) is 13.1. The molecular formula is C15H13N3O3. The van der Waals surface area contributed by atoms with Crippen molar-refractivity contribution in [3.8, 4) is 17.2 Å². The lowest BCUT2D eigenvalue weighted by atomic mass is 10.2. The van der Waals surface area contributed by atoms with Gasteiger partial charge in [-0.05, 0) is 30.3 Å². The van der Waals surface area contributed by atoms with Gasteiger partial charge in [0.2, 0.25) is 11.8 Å². The number of carbonyl (C=O) groups is 1. The molecule has 6 heteroatoms. The van der Waals surface area contributed by atoms with Crippen LogP contribution in [0.1, 0.15) is 6.92 Å². The van der Waals surface area contributed by atoms with E-state index in [1.165, 1.54) is 6.92 Å². The number of oxazole rings is 1. The zero-order chi connectivity index (χ0) is 14.8. The number of anilines is 1. The third kappa shape index (κ3) is 2.55. The van der Waals surface area contributed by atoms with E-state index in [0.717, 1.165) is 5.56 Å². The molecule has 0 aliphatic carbocycles. The van der Waals surface area contributed by atoms with Crippen LogP contribution in [0.25, 0.3) is 22.7 Å². The molecule has 0 unspecified atom stereocenters. The van der Waals surface area contributed by atoms with Gasteiger partial charge in [0.25, 0.3) is 0 Å². The lowest BCUT2D eigenvalue weighted by Gasteiger charge is -2.09. The minimum Gasteiger partial charge on any atom is -0.495 e. The van der Waals surface area contributed by atoms with E-state index in [9.17, 15) is 4.79 Å². The van der Waals surface area contributed by atoms with E-state index in [1.54, 1.807) is 37.6 Å².